The Morgan fingerprint density at radius 2 is 2.17 bits per heavy atom. The monoisotopic (exact) mass is 425 g/mol. The van der Waals surface area contributed by atoms with Gasteiger partial charge in [0.25, 0.3) is 0 Å². The smallest absolute Gasteiger partial charge is 0.248 e. The van der Waals surface area contributed by atoms with Crippen molar-refractivity contribution in [1.82, 2.24) is 4.98 Å². The second-order valence-electron chi connectivity index (χ2n) is 6.05. The summed E-state index contributed by atoms with van der Waals surface area (Å²) in [5.74, 6) is 0.893. The van der Waals surface area contributed by atoms with Crippen molar-refractivity contribution in [3.05, 3.63) is 61.6 Å². The molecule has 2 N–H and O–H groups in total. The van der Waals surface area contributed by atoms with Gasteiger partial charge in [-0.1, -0.05) is 23.5 Å². The number of aromatic hydroxyl groups is 1. The van der Waals surface area contributed by atoms with Crippen LogP contribution in [0.25, 0.3) is 6.08 Å². The fraction of sp³-hybridized carbons (Fsp3) is 0.200. The quantitative estimate of drug-likeness (QED) is 0.658. The van der Waals surface area contributed by atoms with Crippen LogP contribution in [0, 0.1) is 0 Å². The Morgan fingerprint density at radius 3 is 2.93 bits per heavy atom. The number of aliphatic imine (C=N–C) groups is 2. The third-order valence-corrected chi connectivity index (χ3v) is 5.91. The van der Waals surface area contributed by atoms with Crippen molar-refractivity contribution in [3.63, 3.8) is 0 Å². The molecule has 0 amide bonds. The molecule has 0 saturated heterocycles. The highest BCUT2D eigenvalue weighted by Crippen LogP contribution is 2.29. The van der Waals surface area contributed by atoms with Crippen LogP contribution in [-0.2, 0) is 11.3 Å². The summed E-state index contributed by atoms with van der Waals surface area (Å²) in [6.45, 7) is 3.09. The number of benzene rings is 1. The van der Waals surface area contributed by atoms with Gasteiger partial charge in [-0.05, 0) is 41.8 Å². The van der Waals surface area contributed by atoms with E-state index in [0.717, 1.165) is 16.1 Å². The van der Waals surface area contributed by atoms with Crippen molar-refractivity contribution in [2.75, 3.05) is 19.0 Å². The van der Waals surface area contributed by atoms with E-state index in [9.17, 15) is 5.11 Å². The largest absolute Gasteiger partial charge is 0.492 e. The molecule has 0 unspecified atom stereocenters. The van der Waals surface area contributed by atoms with E-state index in [2.05, 4.69) is 31.3 Å². The molecule has 0 radical (unpaired) electrons. The van der Waals surface area contributed by atoms with Crippen molar-refractivity contribution >= 4 is 45.7 Å². The second kappa shape index (κ2) is 8.54. The second-order valence-corrected chi connectivity index (χ2v) is 8.11. The number of ether oxygens (including phenoxy) is 1. The Bertz CT molecular complexity index is 1200. The van der Waals surface area contributed by atoms with Gasteiger partial charge in [-0.2, -0.15) is 9.98 Å². The molecule has 7 nitrogen and oxygen atoms in total. The SMILES string of the molecule is CCOC1=NC(=NC)N=c2cc/c(=C/c3sc(NCc4cccs4)nc3O)cc21. The summed E-state index contributed by atoms with van der Waals surface area (Å²) in [6.07, 6.45) is 1.89. The van der Waals surface area contributed by atoms with E-state index in [4.69, 9.17) is 4.74 Å². The Morgan fingerprint density at radius 1 is 1.28 bits per heavy atom. The van der Waals surface area contributed by atoms with Gasteiger partial charge >= 0.3 is 0 Å². The minimum Gasteiger partial charge on any atom is -0.492 e. The first-order valence-electron chi connectivity index (χ1n) is 9.01. The number of thiazole rings is 1. The zero-order valence-electron chi connectivity index (χ0n) is 15.9. The number of hydrogen-bond donors (Lipinski definition) is 2. The van der Waals surface area contributed by atoms with Crippen molar-refractivity contribution in [2.45, 2.75) is 13.5 Å². The number of guanidine groups is 1. The molecular formula is C20H19N5O2S2. The van der Waals surface area contributed by atoms with E-state index in [-0.39, 0.29) is 5.88 Å². The van der Waals surface area contributed by atoms with E-state index in [1.165, 1.54) is 16.2 Å². The van der Waals surface area contributed by atoms with Crippen LogP contribution in [0.15, 0.2) is 50.7 Å². The molecule has 0 spiro atoms. The highest BCUT2D eigenvalue weighted by Gasteiger charge is 2.14. The van der Waals surface area contributed by atoms with Gasteiger partial charge in [-0.25, -0.2) is 4.99 Å². The van der Waals surface area contributed by atoms with E-state index < -0.39 is 0 Å². The summed E-state index contributed by atoms with van der Waals surface area (Å²) in [7, 11) is 1.65. The molecular weight excluding hydrogens is 406 g/mol. The fourth-order valence-electron chi connectivity index (χ4n) is 2.76. The minimum atomic E-state index is 0.00480. The molecule has 4 rings (SSSR count). The van der Waals surface area contributed by atoms with Crippen LogP contribution in [0.5, 0.6) is 5.88 Å². The lowest BCUT2D eigenvalue weighted by atomic mass is 10.1. The van der Waals surface area contributed by atoms with Crippen LogP contribution < -0.4 is 15.9 Å². The predicted octanol–water partition coefficient (Wildman–Crippen LogP) is 2.75. The van der Waals surface area contributed by atoms with Gasteiger partial charge in [0.1, 0.15) is 0 Å². The number of fused-ring (bicyclic) bond motifs is 1. The molecule has 0 fully saturated rings. The maximum absolute atomic E-state index is 10.2. The lowest BCUT2D eigenvalue weighted by Crippen LogP contribution is -2.27. The van der Waals surface area contributed by atoms with E-state index >= 15 is 0 Å². The van der Waals surface area contributed by atoms with Gasteiger partial charge in [0.05, 0.1) is 28.9 Å². The standard InChI is InChI=1S/C20H19N5O2S2/c1-3-27-18-14-9-12(6-7-15(14)23-19(21-2)25-18)10-16-17(26)24-20(29-16)22-11-13-5-4-8-28-13/h4-10,26H,3,11H2,1-2H3,(H,22,24)/b12-10-,21-19?. The average molecular weight is 426 g/mol. The molecule has 0 aliphatic carbocycles. The zero-order valence-corrected chi connectivity index (χ0v) is 17.5. The van der Waals surface area contributed by atoms with Crippen LogP contribution in [0.1, 0.15) is 22.2 Å². The molecule has 0 saturated carbocycles. The molecule has 1 aromatic carbocycles. The van der Waals surface area contributed by atoms with E-state index in [1.807, 2.05) is 42.6 Å². The van der Waals surface area contributed by atoms with Gasteiger partial charge in [-0.3, -0.25) is 4.99 Å². The number of aromatic nitrogens is 1. The average Bonchev–Trinajstić information content (AvgIpc) is 3.36. The molecule has 0 bridgehead atoms. The molecule has 2 aromatic heterocycles. The van der Waals surface area contributed by atoms with Crippen molar-refractivity contribution < 1.29 is 9.84 Å². The van der Waals surface area contributed by atoms with Crippen LogP contribution in [0.3, 0.4) is 0 Å². The summed E-state index contributed by atoms with van der Waals surface area (Å²) in [5, 5.41) is 17.9. The lowest BCUT2D eigenvalue weighted by Gasteiger charge is -2.11. The Hall–Kier alpha value is -3.04. The highest BCUT2D eigenvalue weighted by atomic mass is 32.1. The van der Waals surface area contributed by atoms with Crippen LogP contribution in [0.2, 0.25) is 0 Å². The molecule has 3 aromatic rings. The van der Waals surface area contributed by atoms with Gasteiger partial charge in [0, 0.05) is 11.9 Å². The number of hydrogen-bond acceptors (Lipinski definition) is 7. The Labute approximate surface area is 175 Å². The van der Waals surface area contributed by atoms with Gasteiger partial charge in [0.2, 0.25) is 17.7 Å². The van der Waals surface area contributed by atoms with E-state index in [0.29, 0.717) is 35.0 Å². The number of thiophene rings is 1. The fourth-order valence-corrected chi connectivity index (χ4v) is 4.22. The van der Waals surface area contributed by atoms with Crippen molar-refractivity contribution in [1.29, 1.82) is 0 Å². The molecule has 148 valence electrons. The number of anilines is 1. The first-order chi connectivity index (χ1) is 14.2. The summed E-state index contributed by atoms with van der Waals surface area (Å²) < 4.78 is 5.67. The van der Waals surface area contributed by atoms with Gasteiger partial charge in [0.15, 0.2) is 5.13 Å². The van der Waals surface area contributed by atoms with Gasteiger partial charge in [-0.15, -0.1) is 11.3 Å². The zero-order chi connectivity index (χ0) is 20.2. The predicted molar refractivity (Wildman–Crippen MR) is 118 cm³/mol. The molecule has 9 heteroatoms. The summed E-state index contributed by atoms with van der Waals surface area (Å²) in [6, 6.07) is 9.84. The number of rotatable bonds is 5. The summed E-state index contributed by atoms with van der Waals surface area (Å²) in [5.41, 5.74) is 0.799. The lowest BCUT2D eigenvalue weighted by molar-refractivity contribution is 0.328. The Balaban J connectivity index is 1.64. The summed E-state index contributed by atoms with van der Waals surface area (Å²) in [4.78, 5) is 18.9. The third kappa shape index (κ3) is 4.36. The number of nitrogens with zero attached hydrogens (tertiary/aromatic N) is 4. The third-order valence-electron chi connectivity index (χ3n) is 4.08. The number of nitrogens with one attached hydrogen (secondary N) is 1. The normalized spacial score (nSPS) is 15.0. The summed E-state index contributed by atoms with van der Waals surface area (Å²) >= 11 is 3.08. The van der Waals surface area contributed by atoms with E-state index in [1.54, 1.807) is 18.4 Å². The molecule has 0 atom stereocenters. The van der Waals surface area contributed by atoms with Crippen LogP contribution in [0.4, 0.5) is 5.13 Å². The van der Waals surface area contributed by atoms with Crippen LogP contribution >= 0.6 is 22.7 Å². The van der Waals surface area contributed by atoms with Gasteiger partial charge < -0.3 is 15.2 Å². The molecule has 1 aliphatic rings. The highest BCUT2D eigenvalue weighted by molar-refractivity contribution is 7.16. The maximum atomic E-state index is 10.2. The first kappa shape index (κ1) is 19.3. The molecule has 29 heavy (non-hydrogen) atoms. The van der Waals surface area contributed by atoms with Crippen molar-refractivity contribution in [3.8, 4) is 5.88 Å². The molecule has 3 heterocycles. The first-order valence-corrected chi connectivity index (χ1v) is 10.7. The molecule has 1 aliphatic heterocycles. The topological polar surface area (TPSA) is 91.5 Å². The van der Waals surface area contributed by atoms with Crippen molar-refractivity contribution in [2.24, 2.45) is 15.0 Å². The minimum absolute atomic E-state index is 0.00480. The maximum Gasteiger partial charge on any atom is 0.248 e. The Kier molecular flexibility index (Phi) is 5.68. The van der Waals surface area contributed by atoms with Crippen LogP contribution in [-0.4, -0.2) is 35.6 Å².